The summed E-state index contributed by atoms with van der Waals surface area (Å²) in [5, 5.41) is 13.6. The molecule has 0 spiro atoms. The Morgan fingerprint density at radius 1 is 1.09 bits per heavy atom. The van der Waals surface area contributed by atoms with E-state index in [0.717, 1.165) is 16.7 Å². The first-order valence-electron chi connectivity index (χ1n) is 10.3. The number of rotatable bonds is 7. The van der Waals surface area contributed by atoms with E-state index in [1.165, 1.54) is 0 Å². The molecular formula is C26H21N5O2. The van der Waals surface area contributed by atoms with Crippen molar-refractivity contribution >= 4 is 12.2 Å². The lowest BCUT2D eigenvalue weighted by Gasteiger charge is -2.10. The lowest BCUT2D eigenvalue weighted by Crippen LogP contribution is -2.16. The van der Waals surface area contributed by atoms with E-state index in [1.807, 2.05) is 79.7 Å². The number of nitrogens with one attached hydrogen (secondary N) is 2. The molecule has 0 atom stereocenters. The summed E-state index contributed by atoms with van der Waals surface area (Å²) in [4.78, 5) is 19.3. The largest absolute Gasteiger partial charge is 0.488 e. The van der Waals surface area contributed by atoms with E-state index < -0.39 is 5.56 Å². The van der Waals surface area contributed by atoms with Gasteiger partial charge in [-0.05, 0) is 30.2 Å². The lowest BCUT2D eigenvalue weighted by atomic mass is 10.1. The van der Waals surface area contributed by atoms with Gasteiger partial charge in [-0.25, -0.2) is 10.4 Å². The average Bonchev–Trinajstić information content (AvgIpc) is 2.85. The molecule has 0 aliphatic heterocycles. The van der Waals surface area contributed by atoms with Crippen molar-refractivity contribution < 1.29 is 4.74 Å². The smallest absolute Gasteiger partial charge is 0.270 e. The van der Waals surface area contributed by atoms with Gasteiger partial charge in [0, 0.05) is 11.1 Å². The summed E-state index contributed by atoms with van der Waals surface area (Å²) in [6, 6.07) is 26.7. The van der Waals surface area contributed by atoms with Gasteiger partial charge in [0.15, 0.2) is 0 Å². The zero-order valence-electron chi connectivity index (χ0n) is 17.9. The molecule has 4 rings (SSSR count). The van der Waals surface area contributed by atoms with Gasteiger partial charge in [0.25, 0.3) is 5.56 Å². The van der Waals surface area contributed by atoms with Crippen molar-refractivity contribution in [3.05, 3.63) is 111 Å². The van der Waals surface area contributed by atoms with Crippen LogP contribution < -0.4 is 15.7 Å². The van der Waals surface area contributed by atoms with Crippen LogP contribution in [0.4, 0.5) is 5.95 Å². The van der Waals surface area contributed by atoms with Gasteiger partial charge in [0.2, 0.25) is 5.95 Å². The molecule has 0 radical (unpaired) electrons. The van der Waals surface area contributed by atoms with Crippen LogP contribution in [0.15, 0.2) is 88.8 Å². The summed E-state index contributed by atoms with van der Waals surface area (Å²) >= 11 is 0. The highest BCUT2D eigenvalue weighted by Crippen LogP contribution is 2.21. The van der Waals surface area contributed by atoms with Crippen LogP contribution in [0.1, 0.15) is 22.3 Å². The fourth-order valence-corrected chi connectivity index (χ4v) is 3.21. The van der Waals surface area contributed by atoms with E-state index in [2.05, 4.69) is 20.5 Å². The van der Waals surface area contributed by atoms with E-state index in [-0.39, 0.29) is 11.5 Å². The summed E-state index contributed by atoms with van der Waals surface area (Å²) < 4.78 is 6.00. The number of H-pyrrole nitrogens is 1. The molecule has 1 heterocycles. The number of nitriles is 1. The molecule has 0 aliphatic carbocycles. The minimum Gasteiger partial charge on any atom is -0.488 e. The summed E-state index contributed by atoms with van der Waals surface area (Å²) in [5.41, 5.74) is 6.02. The second kappa shape index (κ2) is 10.1. The summed E-state index contributed by atoms with van der Waals surface area (Å²) in [7, 11) is 0. The second-order valence-electron chi connectivity index (χ2n) is 7.30. The van der Waals surface area contributed by atoms with Crippen LogP contribution in [0.25, 0.3) is 11.3 Å². The zero-order chi connectivity index (χ0) is 23.0. The van der Waals surface area contributed by atoms with Gasteiger partial charge in [-0.1, -0.05) is 66.7 Å². The van der Waals surface area contributed by atoms with Crippen molar-refractivity contribution in [2.45, 2.75) is 13.5 Å². The molecule has 0 bridgehead atoms. The van der Waals surface area contributed by atoms with Crippen LogP contribution in [-0.4, -0.2) is 16.2 Å². The molecule has 3 aromatic carbocycles. The predicted molar refractivity (Wildman–Crippen MR) is 128 cm³/mol. The molecule has 7 heteroatoms. The minimum atomic E-state index is -0.536. The number of hydrogen-bond acceptors (Lipinski definition) is 6. The number of hydrogen-bond donors (Lipinski definition) is 2. The van der Waals surface area contributed by atoms with Crippen molar-refractivity contribution in [1.29, 1.82) is 5.26 Å². The zero-order valence-corrected chi connectivity index (χ0v) is 17.9. The summed E-state index contributed by atoms with van der Waals surface area (Å²) in [6.45, 7) is 2.43. The van der Waals surface area contributed by atoms with Gasteiger partial charge in [-0.15, -0.1) is 0 Å². The third-order valence-electron chi connectivity index (χ3n) is 4.86. The molecule has 0 unspecified atom stereocenters. The van der Waals surface area contributed by atoms with Gasteiger partial charge in [-0.3, -0.25) is 9.78 Å². The Balaban J connectivity index is 1.56. The van der Waals surface area contributed by atoms with Crippen molar-refractivity contribution in [3.8, 4) is 23.1 Å². The molecule has 2 N–H and O–H groups in total. The third kappa shape index (κ3) is 5.32. The van der Waals surface area contributed by atoms with Gasteiger partial charge < -0.3 is 4.74 Å². The van der Waals surface area contributed by atoms with Crippen molar-refractivity contribution in [3.63, 3.8) is 0 Å². The Morgan fingerprint density at radius 3 is 2.55 bits per heavy atom. The lowest BCUT2D eigenvalue weighted by molar-refractivity contribution is 0.305. The molecule has 4 aromatic rings. The first kappa shape index (κ1) is 21.5. The highest BCUT2D eigenvalue weighted by molar-refractivity contribution is 5.84. The predicted octanol–water partition coefficient (Wildman–Crippen LogP) is 4.64. The molecule has 33 heavy (non-hydrogen) atoms. The fraction of sp³-hybridized carbons (Fsp3) is 0.0769. The van der Waals surface area contributed by atoms with Gasteiger partial charge in [-0.2, -0.15) is 10.4 Å². The maximum Gasteiger partial charge on any atom is 0.270 e. The van der Waals surface area contributed by atoms with Crippen LogP contribution in [0, 0.1) is 18.3 Å². The SMILES string of the molecule is Cc1ccc(C=NNc2nc(-c3ccccc3)c(C#N)c(=O)[nH]2)c(OCc2ccccc2)c1. The molecule has 0 amide bonds. The molecular weight excluding hydrogens is 414 g/mol. The highest BCUT2D eigenvalue weighted by Gasteiger charge is 2.13. The number of ether oxygens (including phenoxy) is 1. The van der Waals surface area contributed by atoms with Crippen molar-refractivity contribution in [2.24, 2.45) is 5.10 Å². The quantitative estimate of drug-likeness (QED) is 0.325. The van der Waals surface area contributed by atoms with Crippen LogP contribution >= 0.6 is 0 Å². The number of hydrazone groups is 1. The van der Waals surface area contributed by atoms with Gasteiger partial charge >= 0.3 is 0 Å². The Hall–Kier alpha value is -4.70. The van der Waals surface area contributed by atoms with Crippen LogP contribution in [-0.2, 0) is 6.61 Å². The third-order valence-corrected chi connectivity index (χ3v) is 4.86. The van der Waals surface area contributed by atoms with Crippen molar-refractivity contribution in [2.75, 3.05) is 5.43 Å². The number of aryl methyl sites for hydroxylation is 1. The van der Waals surface area contributed by atoms with Crippen LogP contribution in [0.5, 0.6) is 5.75 Å². The molecule has 162 valence electrons. The number of benzene rings is 3. The topological polar surface area (TPSA) is 103 Å². The van der Waals surface area contributed by atoms with Gasteiger partial charge in [0.05, 0.1) is 11.9 Å². The average molecular weight is 435 g/mol. The Kier molecular flexibility index (Phi) is 6.57. The molecule has 7 nitrogen and oxygen atoms in total. The van der Waals surface area contributed by atoms with E-state index >= 15 is 0 Å². The molecule has 1 aromatic heterocycles. The van der Waals surface area contributed by atoms with Crippen LogP contribution in [0.3, 0.4) is 0 Å². The maximum absolute atomic E-state index is 12.4. The van der Waals surface area contributed by atoms with E-state index in [9.17, 15) is 10.1 Å². The maximum atomic E-state index is 12.4. The minimum absolute atomic E-state index is 0.0501. The number of anilines is 1. The molecule has 0 saturated carbocycles. The summed E-state index contributed by atoms with van der Waals surface area (Å²) in [5.74, 6) is 0.823. The monoisotopic (exact) mass is 435 g/mol. The van der Waals surface area contributed by atoms with Gasteiger partial charge in [0.1, 0.15) is 24.0 Å². The first-order valence-corrected chi connectivity index (χ1v) is 10.3. The molecule has 0 aliphatic rings. The number of nitrogens with zero attached hydrogens (tertiary/aromatic N) is 3. The standard InChI is InChI=1S/C26H21N5O2/c1-18-12-13-21(23(14-18)33-17-19-8-4-2-5-9-19)16-28-31-26-29-24(20-10-6-3-7-11-20)22(15-27)25(32)30-26/h2-14,16H,17H2,1H3,(H2,29,30,31,32). The van der Waals surface area contributed by atoms with E-state index in [1.54, 1.807) is 18.3 Å². The fourth-order valence-electron chi connectivity index (χ4n) is 3.21. The summed E-state index contributed by atoms with van der Waals surface area (Å²) in [6.07, 6.45) is 1.60. The normalized spacial score (nSPS) is 10.7. The molecule has 0 saturated heterocycles. The Bertz CT molecular complexity index is 1370. The van der Waals surface area contributed by atoms with E-state index in [4.69, 9.17) is 4.74 Å². The Labute approximate surface area is 191 Å². The number of aromatic amines is 1. The van der Waals surface area contributed by atoms with E-state index in [0.29, 0.717) is 23.6 Å². The first-order chi connectivity index (χ1) is 16.1. The molecule has 0 fully saturated rings. The van der Waals surface area contributed by atoms with Crippen LogP contribution in [0.2, 0.25) is 0 Å². The van der Waals surface area contributed by atoms with Crippen molar-refractivity contribution in [1.82, 2.24) is 9.97 Å². The Morgan fingerprint density at radius 2 is 1.82 bits per heavy atom. The number of aromatic nitrogens is 2. The second-order valence-corrected chi connectivity index (χ2v) is 7.30. The highest BCUT2D eigenvalue weighted by atomic mass is 16.5.